The zero-order valence-electron chi connectivity index (χ0n) is 15.2. The summed E-state index contributed by atoms with van der Waals surface area (Å²) in [6.45, 7) is 1.98. The van der Waals surface area contributed by atoms with Gasteiger partial charge in [0.05, 0.1) is 19.3 Å². The molecular formula is C20H20FNO6. The Morgan fingerprint density at radius 1 is 1.21 bits per heavy atom. The fourth-order valence-electron chi connectivity index (χ4n) is 2.93. The molecule has 0 spiro atoms. The molecule has 0 radical (unpaired) electrons. The number of halogens is 1. The summed E-state index contributed by atoms with van der Waals surface area (Å²) in [5.74, 6) is -0.830. The lowest BCUT2D eigenvalue weighted by Crippen LogP contribution is -2.32. The molecule has 8 heteroatoms. The average molecular weight is 389 g/mol. The van der Waals surface area contributed by atoms with Crippen LogP contribution in [0.15, 0.2) is 36.4 Å². The number of nitrogens with one attached hydrogen (secondary N) is 1. The van der Waals surface area contributed by atoms with Crippen molar-refractivity contribution in [1.29, 1.82) is 0 Å². The highest BCUT2D eigenvalue weighted by atomic mass is 19.1. The van der Waals surface area contributed by atoms with Crippen LogP contribution in [-0.4, -0.2) is 36.8 Å². The fourth-order valence-corrected chi connectivity index (χ4v) is 2.93. The normalized spacial score (nSPS) is 15.1. The summed E-state index contributed by atoms with van der Waals surface area (Å²) in [4.78, 5) is 23.4. The van der Waals surface area contributed by atoms with Gasteiger partial charge >= 0.3 is 5.97 Å². The van der Waals surface area contributed by atoms with E-state index in [2.05, 4.69) is 5.32 Å². The van der Waals surface area contributed by atoms with Crippen LogP contribution in [0.4, 0.5) is 4.39 Å². The Hall–Kier alpha value is -3.29. The van der Waals surface area contributed by atoms with Crippen LogP contribution < -0.4 is 19.5 Å². The highest BCUT2D eigenvalue weighted by Crippen LogP contribution is 2.33. The maximum absolute atomic E-state index is 13.6. The number of carboxylic acid groups (broad SMARTS) is 1. The smallest absolute Gasteiger partial charge is 0.341 e. The Morgan fingerprint density at radius 2 is 2.04 bits per heavy atom. The van der Waals surface area contributed by atoms with Crippen LogP contribution in [0.25, 0.3) is 0 Å². The van der Waals surface area contributed by atoms with E-state index >= 15 is 0 Å². The Balaban J connectivity index is 1.78. The minimum Gasteiger partial charge on any atom is -0.493 e. The number of hydrogen-bond acceptors (Lipinski definition) is 5. The van der Waals surface area contributed by atoms with Crippen molar-refractivity contribution in [3.05, 3.63) is 53.3 Å². The van der Waals surface area contributed by atoms with E-state index in [4.69, 9.17) is 19.3 Å². The van der Waals surface area contributed by atoms with Crippen molar-refractivity contribution in [3.8, 4) is 17.2 Å². The van der Waals surface area contributed by atoms with Gasteiger partial charge in [-0.3, -0.25) is 4.79 Å². The van der Waals surface area contributed by atoms with Gasteiger partial charge < -0.3 is 24.6 Å². The molecule has 1 unspecified atom stereocenters. The molecule has 7 nitrogen and oxygen atoms in total. The van der Waals surface area contributed by atoms with Crippen molar-refractivity contribution in [2.75, 3.05) is 19.8 Å². The summed E-state index contributed by atoms with van der Waals surface area (Å²) >= 11 is 0. The molecular weight excluding hydrogens is 369 g/mol. The Kier molecular flexibility index (Phi) is 5.98. The number of rotatable bonds is 7. The van der Waals surface area contributed by atoms with Gasteiger partial charge in [-0.2, -0.15) is 0 Å². The van der Waals surface area contributed by atoms with E-state index in [1.54, 1.807) is 13.0 Å². The van der Waals surface area contributed by atoms with Crippen LogP contribution in [0.3, 0.4) is 0 Å². The predicted molar refractivity (Wildman–Crippen MR) is 97.5 cm³/mol. The molecule has 1 atom stereocenters. The maximum Gasteiger partial charge on any atom is 0.341 e. The molecule has 1 amide bonds. The van der Waals surface area contributed by atoms with Crippen molar-refractivity contribution in [1.82, 2.24) is 5.32 Å². The number of amides is 1. The lowest BCUT2D eigenvalue weighted by Gasteiger charge is -2.26. The number of carbonyl (C=O) groups excluding carboxylic acids is 1. The first-order valence-corrected chi connectivity index (χ1v) is 8.82. The second kappa shape index (κ2) is 8.60. The van der Waals surface area contributed by atoms with Crippen molar-refractivity contribution < 1.29 is 33.3 Å². The van der Waals surface area contributed by atoms with Gasteiger partial charge in [-0.15, -0.1) is 0 Å². The topological polar surface area (TPSA) is 94.1 Å². The van der Waals surface area contributed by atoms with Crippen molar-refractivity contribution in [2.45, 2.75) is 19.4 Å². The number of carbonyl (C=O) groups is 2. The molecule has 148 valence electrons. The highest BCUT2D eigenvalue weighted by Gasteiger charge is 2.24. The van der Waals surface area contributed by atoms with Gasteiger partial charge in [-0.25, -0.2) is 9.18 Å². The lowest BCUT2D eigenvalue weighted by molar-refractivity contribution is -0.139. The fraction of sp³-hybridized carbons (Fsp3) is 0.300. The molecule has 0 aliphatic carbocycles. The quantitative estimate of drug-likeness (QED) is 0.756. The molecule has 1 heterocycles. The molecule has 0 saturated carbocycles. The standard InChI is InChI=1S/C20H20FNO6/c1-2-26-18-9-12(3-5-17(18)28-11-19(23)24)20(25)22-15-7-8-27-16-6-4-13(21)10-14(15)16/h3-6,9-10,15H,2,7-8,11H2,1H3,(H,22,25)(H,23,24). The van der Waals surface area contributed by atoms with Gasteiger partial charge in [-0.1, -0.05) is 0 Å². The Labute approximate surface area is 161 Å². The molecule has 0 aromatic heterocycles. The van der Waals surface area contributed by atoms with Crippen LogP contribution in [0, 0.1) is 5.82 Å². The molecule has 0 saturated heterocycles. The van der Waals surface area contributed by atoms with Gasteiger partial charge in [0.25, 0.3) is 5.91 Å². The van der Waals surface area contributed by atoms with E-state index in [-0.39, 0.29) is 23.4 Å². The van der Waals surface area contributed by atoms with Crippen molar-refractivity contribution in [2.24, 2.45) is 0 Å². The largest absolute Gasteiger partial charge is 0.493 e. The number of benzene rings is 2. The summed E-state index contributed by atoms with van der Waals surface area (Å²) in [6, 6.07) is 8.32. The highest BCUT2D eigenvalue weighted by molar-refractivity contribution is 5.95. The third-order valence-corrected chi connectivity index (χ3v) is 4.17. The summed E-state index contributed by atoms with van der Waals surface area (Å²) in [5.41, 5.74) is 0.904. The van der Waals surface area contributed by atoms with Gasteiger partial charge in [0.2, 0.25) is 0 Å². The number of ether oxygens (including phenoxy) is 3. The predicted octanol–water partition coefficient (Wildman–Crippen LogP) is 2.94. The number of carboxylic acids is 1. The SMILES string of the molecule is CCOc1cc(C(=O)NC2CCOc3ccc(F)cc32)ccc1OCC(=O)O. The molecule has 2 N–H and O–H groups in total. The first-order valence-electron chi connectivity index (χ1n) is 8.82. The monoisotopic (exact) mass is 389 g/mol. The number of aliphatic carboxylic acids is 1. The number of hydrogen-bond donors (Lipinski definition) is 2. The van der Waals surface area contributed by atoms with E-state index in [9.17, 15) is 14.0 Å². The van der Waals surface area contributed by atoms with Gasteiger partial charge in [0.1, 0.15) is 11.6 Å². The van der Waals surface area contributed by atoms with E-state index in [0.29, 0.717) is 36.5 Å². The first kappa shape index (κ1) is 19.5. The first-order chi connectivity index (χ1) is 13.5. The van der Waals surface area contributed by atoms with Gasteiger partial charge in [0, 0.05) is 17.5 Å². The van der Waals surface area contributed by atoms with Gasteiger partial charge in [-0.05, 0) is 43.3 Å². The minimum atomic E-state index is -1.12. The minimum absolute atomic E-state index is 0.235. The lowest BCUT2D eigenvalue weighted by atomic mass is 10.00. The van der Waals surface area contributed by atoms with Crippen LogP contribution in [0.1, 0.15) is 35.3 Å². The Bertz CT molecular complexity index is 885. The Morgan fingerprint density at radius 3 is 2.79 bits per heavy atom. The number of fused-ring (bicyclic) bond motifs is 1. The van der Waals surface area contributed by atoms with Crippen molar-refractivity contribution >= 4 is 11.9 Å². The van der Waals surface area contributed by atoms with Crippen LogP contribution >= 0.6 is 0 Å². The summed E-state index contributed by atoms with van der Waals surface area (Å²) in [6.07, 6.45) is 0.514. The zero-order chi connectivity index (χ0) is 20.1. The average Bonchev–Trinajstić information content (AvgIpc) is 2.67. The molecule has 1 aliphatic heterocycles. The second-order valence-corrected chi connectivity index (χ2v) is 6.12. The van der Waals surface area contributed by atoms with E-state index < -0.39 is 18.4 Å². The molecule has 3 rings (SSSR count). The van der Waals surface area contributed by atoms with Crippen LogP contribution in [0.5, 0.6) is 17.2 Å². The molecule has 1 aliphatic rings. The zero-order valence-corrected chi connectivity index (χ0v) is 15.2. The van der Waals surface area contributed by atoms with Crippen LogP contribution in [-0.2, 0) is 4.79 Å². The summed E-state index contributed by atoms with van der Waals surface area (Å²) in [5, 5.41) is 11.6. The van der Waals surface area contributed by atoms with E-state index in [1.807, 2.05) is 0 Å². The van der Waals surface area contributed by atoms with E-state index in [1.165, 1.54) is 30.3 Å². The third kappa shape index (κ3) is 4.51. The van der Waals surface area contributed by atoms with Crippen LogP contribution in [0.2, 0.25) is 0 Å². The summed E-state index contributed by atoms with van der Waals surface area (Å²) in [7, 11) is 0. The molecule has 0 fully saturated rings. The summed E-state index contributed by atoms with van der Waals surface area (Å²) < 4.78 is 29.7. The molecule has 28 heavy (non-hydrogen) atoms. The molecule has 2 aromatic carbocycles. The van der Waals surface area contributed by atoms with E-state index in [0.717, 1.165) is 0 Å². The molecule has 2 aromatic rings. The molecule has 0 bridgehead atoms. The second-order valence-electron chi connectivity index (χ2n) is 6.12. The van der Waals surface area contributed by atoms with Crippen molar-refractivity contribution in [3.63, 3.8) is 0 Å². The third-order valence-electron chi connectivity index (χ3n) is 4.17. The van der Waals surface area contributed by atoms with Gasteiger partial charge in [0.15, 0.2) is 18.1 Å². The maximum atomic E-state index is 13.6.